The lowest BCUT2D eigenvalue weighted by Crippen LogP contribution is -2.31. The van der Waals surface area contributed by atoms with Crippen LogP contribution in [0.3, 0.4) is 0 Å². The molecule has 0 saturated carbocycles. The molecule has 1 atom stereocenters. The minimum Gasteiger partial charge on any atom is -0.341 e. The third kappa shape index (κ3) is 5.23. The fraction of sp³-hybridized carbons (Fsp3) is 0.222. The van der Waals surface area contributed by atoms with Crippen LogP contribution in [0.5, 0.6) is 0 Å². The van der Waals surface area contributed by atoms with Gasteiger partial charge in [-0.3, -0.25) is 4.79 Å². The number of likely N-dealkylation sites (N-methyl/N-ethyl adjacent to an activating group) is 1. The average Bonchev–Trinajstić information content (AvgIpc) is 2.57. The van der Waals surface area contributed by atoms with E-state index in [0.29, 0.717) is 28.6 Å². The Balaban J connectivity index is 0.00000288. The van der Waals surface area contributed by atoms with E-state index < -0.39 is 0 Å². The van der Waals surface area contributed by atoms with Crippen molar-refractivity contribution in [3.05, 3.63) is 69.7 Å². The van der Waals surface area contributed by atoms with Crippen LogP contribution in [0.4, 0.5) is 0 Å². The van der Waals surface area contributed by atoms with Crippen molar-refractivity contribution < 1.29 is 9.59 Å². The number of halogens is 3. The standard InChI is InChI=1S/C18H17Cl2NO2.ClH/c1-21(18(23)13-5-3-2-4-6-13)12-15(9-10-22)14-7-8-16(19)17(20)11-14;/h2-8,10-11,15H,9,12H2,1H3;1H. The zero-order valence-corrected chi connectivity index (χ0v) is 15.4. The molecule has 3 nitrogen and oxygen atoms in total. The van der Waals surface area contributed by atoms with E-state index in [-0.39, 0.29) is 24.2 Å². The highest BCUT2D eigenvalue weighted by Gasteiger charge is 2.19. The second kappa shape index (κ2) is 9.67. The zero-order chi connectivity index (χ0) is 16.8. The lowest BCUT2D eigenvalue weighted by molar-refractivity contribution is -0.108. The first kappa shape index (κ1) is 20.5. The molecule has 0 aliphatic heterocycles. The highest BCUT2D eigenvalue weighted by Crippen LogP contribution is 2.28. The Morgan fingerprint density at radius 2 is 1.79 bits per heavy atom. The van der Waals surface area contributed by atoms with Gasteiger partial charge in [-0.1, -0.05) is 47.5 Å². The van der Waals surface area contributed by atoms with Crippen LogP contribution in [-0.4, -0.2) is 30.7 Å². The predicted octanol–water partition coefficient (Wildman–Crippen LogP) is 4.86. The molecule has 0 heterocycles. The Morgan fingerprint density at radius 1 is 1.12 bits per heavy atom. The summed E-state index contributed by atoms with van der Waals surface area (Å²) in [5.41, 5.74) is 1.51. The van der Waals surface area contributed by atoms with Gasteiger partial charge in [0.25, 0.3) is 5.91 Å². The first-order chi connectivity index (χ1) is 11.0. The zero-order valence-electron chi connectivity index (χ0n) is 13.1. The number of benzene rings is 2. The van der Waals surface area contributed by atoms with Crippen LogP contribution in [0.25, 0.3) is 0 Å². The van der Waals surface area contributed by atoms with Gasteiger partial charge in [-0.25, -0.2) is 0 Å². The van der Waals surface area contributed by atoms with Gasteiger partial charge >= 0.3 is 0 Å². The molecule has 2 aromatic carbocycles. The number of aldehydes is 1. The van der Waals surface area contributed by atoms with Gasteiger partial charge in [0, 0.05) is 31.5 Å². The van der Waals surface area contributed by atoms with Crippen LogP contribution >= 0.6 is 35.6 Å². The number of nitrogens with zero attached hydrogens (tertiary/aromatic N) is 1. The maximum Gasteiger partial charge on any atom is 0.253 e. The number of hydrogen-bond acceptors (Lipinski definition) is 2. The molecule has 0 fully saturated rings. The van der Waals surface area contributed by atoms with Crippen molar-refractivity contribution in [3.63, 3.8) is 0 Å². The molecule has 2 aromatic rings. The summed E-state index contributed by atoms with van der Waals surface area (Å²) in [6.07, 6.45) is 1.17. The Hall–Kier alpha value is -1.55. The summed E-state index contributed by atoms with van der Waals surface area (Å²) >= 11 is 12.0. The third-order valence-electron chi connectivity index (χ3n) is 3.66. The first-order valence-corrected chi connectivity index (χ1v) is 7.97. The van der Waals surface area contributed by atoms with Crippen LogP contribution in [0, 0.1) is 0 Å². The molecule has 1 amide bonds. The molecular weight excluding hydrogens is 369 g/mol. The van der Waals surface area contributed by atoms with Gasteiger partial charge in [0.15, 0.2) is 0 Å². The topological polar surface area (TPSA) is 37.4 Å². The van der Waals surface area contributed by atoms with E-state index in [2.05, 4.69) is 0 Å². The van der Waals surface area contributed by atoms with E-state index in [4.69, 9.17) is 23.2 Å². The lowest BCUT2D eigenvalue weighted by atomic mass is 9.95. The maximum atomic E-state index is 12.4. The van der Waals surface area contributed by atoms with E-state index >= 15 is 0 Å². The van der Waals surface area contributed by atoms with Gasteiger partial charge in [0.2, 0.25) is 0 Å². The number of rotatable bonds is 6. The molecule has 0 aliphatic carbocycles. The minimum absolute atomic E-state index is 0. The van der Waals surface area contributed by atoms with E-state index in [9.17, 15) is 9.59 Å². The molecule has 0 aromatic heterocycles. The summed E-state index contributed by atoms with van der Waals surface area (Å²) in [6, 6.07) is 14.3. The fourth-order valence-corrected chi connectivity index (χ4v) is 2.72. The molecule has 0 bridgehead atoms. The Kier molecular flexibility index (Phi) is 8.26. The SMILES string of the molecule is CN(CC(CC=O)c1ccc(Cl)c(Cl)c1)C(=O)c1ccccc1.Cl. The normalized spacial score (nSPS) is 11.3. The first-order valence-electron chi connectivity index (χ1n) is 7.22. The second-order valence-corrected chi connectivity index (χ2v) is 6.14. The molecule has 0 aliphatic rings. The molecule has 1 unspecified atom stereocenters. The monoisotopic (exact) mass is 385 g/mol. The molecule has 0 spiro atoms. The van der Waals surface area contributed by atoms with Crippen LogP contribution in [-0.2, 0) is 4.79 Å². The van der Waals surface area contributed by atoms with Crippen molar-refractivity contribution in [2.75, 3.05) is 13.6 Å². The van der Waals surface area contributed by atoms with Crippen molar-refractivity contribution in [1.82, 2.24) is 4.90 Å². The quantitative estimate of drug-likeness (QED) is 0.665. The molecule has 24 heavy (non-hydrogen) atoms. The van der Waals surface area contributed by atoms with Crippen molar-refractivity contribution in [2.45, 2.75) is 12.3 Å². The Bertz CT molecular complexity index is 692. The summed E-state index contributed by atoms with van der Waals surface area (Å²) in [5, 5.41) is 0.908. The molecule has 2 rings (SSSR count). The van der Waals surface area contributed by atoms with Crippen molar-refractivity contribution in [2.24, 2.45) is 0 Å². The Labute approximate surface area is 158 Å². The van der Waals surface area contributed by atoms with Crippen molar-refractivity contribution in [1.29, 1.82) is 0 Å². The largest absolute Gasteiger partial charge is 0.341 e. The van der Waals surface area contributed by atoms with Gasteiger partial charge in [-0.2, -0.15) is 0 Å². The highest BCUT2D eigenvalue weighted by atomic mass is 35.5. The van der Waals surface area contributed by atoms with Gasteiger partial charge in [0.1, 0.15) is 6.29 Å². The number of carbonyl (C=O) groups is 2. The average molecular weight is 387 g/mol. The number of carbonyl (C=O) groups excluding carboxylic acids is 2. The summed E-state index contributed by atoms with van der Waals surface area (Å²) in [7, 11) is 1.73. The lowest BCUT2D eigenvalue weighted by Gasteiger charge is -2.24. The highest BCUT2D eigenvalue weighted by molar-refractivity contribution is 6.42. The van der Waals surface area contributed by atoms with Gasteiger partial charge in [-0.15, -0.1) is 12.4 Å². The maximum absolute atomic E-state index is 12.4. The summed E-state index contributed by atoms with van der Waals surface area (Å²) < 4.78 is 0. The van der Waals surface area contributed by atoms with E-state index in [1.165, 1.54) is 0 Å². The molecule has 0 N–H and O–H groups in total. The predicted molar refractivity (Wildman–Crippen MR) is 101 cm³/mol. The van der Waals surface area contributed by atoms with Gasteiger partial charge in [0.05, 0.1) is 10.0 Å². The van der Waals surface area contributed by atoms with Gasteiger partial charge in [-0.05, 0) is 29.8 Å². The Morgan fingerprint density at radius 3 is 2.38 bits per heavy atom. The van der Waals surface area contributed by atoms with Gasteiger partial charge < -0.3 is 9.69 Å². The molecule has 0 saturated heterocycles. The van der Waals surface area contributed by atoms with Crippen LogP contribution in [0.2, 0.25) is 10.0 Å². The van der Waals surface area contributed by atoms with Crippen molar-refractivity contribution in [3.8, 4) is 0 Å². The van der Waals surface area contributed by atoms with Crippen LogP contribution in [0.1, 0.15) is 28.3 Å². The fourth-order valence-electron chi connectivity index (χ4n) is 2.41. The third-order valence-corrected chi connectivity index (χ3v) is 4.40. The molecule has 128 valence electrons. The smallest absolute Gasteiger partial charge is 0.253 e. The van der Waals surface area contributed by atoms with E-state index in [1.54, 1.807) is 36.2 Å². The summed E-state index contributed by atoms with van der Waals surface area (Å²) in [4.78, 5) is 25.0. The van der Waals surface area contributed by atoms with Crippen LogP contribution in [0.15, 0.2) is 48.5 Å². The minimum atomic E-state index is -0.125. The summed E-state index contributed by atoms with van der Waals surface area (Å²) in [5.74, 6) is -0.207. The molecule has 6 heteroatoms. The van der Waals surface area contributed by atoms with Crippen molar-refractivity contribution >= 4 is 47.8 Å². The van der Waals surface area contributed by atoms with E-state index in [0.717, 1.165) is 11.8 Å². The number of hydrogen-bond donors (Lipinski definition) is 0. The number of amides is 1. The van der Waals surface area contributed by atoms with E-state index in [1.807, 2.05) is 24.3 Å². The molecular formula is C18H18Cl3NO2. The second-order valence-electron chi connectivity index (χ2n) is 5.32. The summed E-state index contributed by atoms with van der Waals surface area (Å²) in [6.45, 7) is 0.421. The molecule has 0 radical (unpaired) electrons. The van der Waals surface area contributed by atoms with Crippen LogP contribution < -0.4 is 0 Å².